The minimum atomic E-state index is -0.963. The molecule has 2 rings (SSSR count). The third kappa shape index (κ3) is 0.945. The molecule has 0 saturated carbocycles. The van der Waals surface area contributed by atoms with Crippen molar-refractivity contribution in [2.75, 3.05) is 11.5 Å². The van der Waals surface area contributed by atoms with E-state index in [1.54, 1.807) is 0 Å². The lowest BCUT2D eigenvalue weighted by atomic mass is 10.0. The van der Waals surface area contributed by atoms with Crippen LogP contribution < -0.4 is 10.6 Å². The van der Waals surface area contributed by atoms with Crippen molar-refractivity contribution in [2.24, 2.45) is 0 Å². The van der Waals surface area contributed by atoms with Gasteiger partial charge in [-0.15, -0.1) is 0 Å². The molecular formula is C6H8N2O3S. The first-order valence-corrected chi connectivity index (χ1v) is 5.10. The molecule has 66 valence electrons. The second kappa shape index (κ2) is 2.29. The van der Waals surface area contributed by atoms with Crippen LogP contribution in [0.4, 0.5) is 4.79 Å². The number of amides is 3. The van der Waals surface area contributed by atoms with Crippen LogP contribution >= 0.6 is 0 Å². The van der Waals surface area contributed by atoms with Gasteiger partial charge in [0.25, 0.3) is 5.91 Å². The number of urea groups is 1. The molecule has 1 spiro atoms. The van der Waals surface area contributed by atoms with Gasteiger partial charge < -0.3 is 5.32 Å². The third-order valence-corrected chi connectivity index (χ3v) is 3.65. The van der Waals surface area contributed by atoms with Gasteiger partial charge in [-0.25, -0.2) is 4.79 Å². The minimum absolute atomic E-state index is 0.255. The van der Waals surface area contributed by atoms with Gasteiger partial charge in [0.1, 0.15) is 5.54 Å². The summed E-state index contributed by atoms with van der Waals surface area (Å²) in [7, 11) is -0.963. The standard InChI is InChI=1S/C6H8N2O3S/c9-4-6(8-5(10)7-4)1-2-12(11)3-6/h1-3H2,(H2,7,8,9,10). The van der Waals surface area contributed by atoms with Gasteiger partial charge in [0.15, 0.2) is 0 Å². The molecule has 0 radical (unpaired) electrons. The summed E-state index contributed by atoms with van der Waals surface area (Å²) in [6.07, 6.45) is 0.483. The maximum Gasteiger partial charge on any atom is 0.322 e. The molecule has 2 atom stereocenters. The average Bonchev–Trinajstić information content (AvgIpc) is 2.43. The number of hydrogen-bond donors (Lipinski definition) is 2. The summed E-state index contributed by atoms with van der Waals surface area (Å²) in [6.45, 7) is 0. The van der Waals surface area contributed by atoms with Crippen LogP contribution in [-0.2, 0) is 15.6 Å². The minimum Gasteiger partial charge on any atom is -0.322 e. The van der Waals surface area contributed by atoms with Crippen LogP contribution in [0.25, 0.3) is 0 Å². The van der Waals surface area contributed by atoms with Crippen LogP contribution in [0.1, 0.15) is 6.42 Å². The van der Waals surface area contributed by atoms with Gasteiger partial charge in [0.2, 0.25) is 0 Å². The molecule has 6 heteroatoms. The number of carbonyl (C=O) groups excluding carboxylic acids is 2. The van der Waals surface area contributed by atoms with Gasteiger partial charge in [0, 0.05) is 16.6 Å². The van der Waals surface area contributed by atoms with Crippen molar-refractivity contribution in [3.05, 3.63) is 0 Å². The first-order valence-electron chi connectivity index (χ1n) is 3.61. The van der Waals surface area contributed by atoms with Crippen LogP contribution in [0.5, 0.6) is 0 Å². The summed E-state index contributed by atoms with van der Waals surface area (Å²) in [4.78, 5) is 22.0. The van der Waals surface area contributed by atoms with E-state index >= 15 is 0 Å². The SMILES string of the molecule is O=C1NC(=O)C2(CCS(=O)C2)N1. The molecular weight excluding hydrogens is 180 g/mol. The lowest BCUT2D eigenvalue weighted by Gasteiger charge is -2.16. The zero-order valence-corrected chi connectivity index (χ0v) is 7.07. The molecule has 2 saturated heterocycles. The number of nitrogens with one attached hydrogen (secondary N) is 2. The van der Waals surface area contributed by atoms with E-state index in [0.29, 0.717) is 12.2 Å². The van der Waals surface area contributed by atoms with Gasteiger partial charge in [-0.2, -0.15) is 0 Å². The van der Waals surface area contributed by atoms with E-state index in [0.717, 1.165) is 0 Å². The zero-order valence-electron chi connectivity index (χ0n) is 6.25. The highest BCUT2D eigenvalue weighted by molar-refractivity contribution is 7.85. The van der Waals surface area contributed by atoms with Crippen molar-refractivity contribution in [2.45, 2.75) is 12.0 Å². The van der Waals surface area contributed by atoms with Crippen molar-refractivity contribution in [3.8, 4) is 0 Å². The first kappa shape index (κ1) is 7.72. The molecule has 5 nitrogen and oxygen atoms in total. The van der Waals surface area contributed by atoms with Gasteiger partial charge in [-0.3, -0.25) is 14.3 Å². The largest absolute Gasteiger partial charge is 0.322 e. The van der Waals surface area contributed by atoms with E-state index in [-0.39, 0.29) is 11.7 Å². The Balaban J connectivity index is 2.27. The Hall–Kier alpha value is -0.910. The Bertz CT molecular complexity index is 287. The number of hydrogen-bond acceptors (Lipinski definition) is 3. The number of carbonyl (C=O) groups is 2. The fraction of sp³-hybridized carbons (Fsp3) is 0.667. The molecule has 0 aromatic rings. The van der Waals surface area contributed by atoms with Crippen molar-refractivity contribution < 1.29 is 13.8 Å². The Kier molecular flexibility index (Phi) is 1.47. The molecule has 2 unspecified atom stereocenters. The second-order valence-electron chi connectivity index (χ2n) is 3.03. The van der Waals surface area contributed by atoms with Crippen LogP contribution in [0.2, 0.25) is 0 Å². The zero-order chi connectivity index (χ0) is 8.77. The molecule has 0 aliphatic carbocycles. The number of rotatable bonds is 0. The lowest BCUT2D eigenvalue weighted by Crippen LogP contribution is -2.47. The van der Waals surface area contributed by atoms with Crippen molar-refractivity contribution >= 4 is 22.7 Å². The van der Waals surface area contributed by atoms with Crippen molar-refractivity contribution in [1.29, 1.82) is 0 Å². The molecule has 2 aliphatic heterocycles. The predicted octanol–water partition coefficient (Wildman–Crippen LogP) is -1.28. The van der Waals surface area contributed by atoms with E-state index < -0.39 is 22.4 Å². The summed E-state index contributed by atoms with van der Waals surface area (Å²) in [5.41, 5.74) is -0.859. The maximum absolute atomic E-state index is 11.2. The van der Waals surface area contributed by atoms with Crippen molar-refractivity contribution in [3.63, 3.8) is 0 Å². The van der Waals surface area contributed by atoms with Gasteiger partial charge in [0.05, 0.1) is 5.75 Å². The molecule has 12 heavy (non-hydrogen) atoms. The summed E-state index contributed by atoms with van der Waals surface area (Å²) in [5.74, 6) is 0.413. The highest BCUT2D eigenvalue weighted by atomic mass is 32.2. The van der Waals surface area contributed by atoms with Crippen LogP contribution in [0.15, 0.2) is 0 Å². The van der Waals surface area contributed by atoms with E-state index in [9.17, 15) is 13.8 Å². The summed E-state index contributed by atoms with van der Waals surface area (Å²) >= 11 is 0. The number of imide groups is 1. The van der Waals surface area contributed by atoms with Crippen molar-refractivity contribution in [1.82, 2.24) is 10.6 Å². The Morgan fingerprint density at radius 3 is 2.58 bits per heavy atom. The molecule has 2 N–H and O–H groups in total. The van der Waals surface area contributed by atoms with Gasteiger partial charge in [-0.1, -0.05) is 0 Å². The fourth-order valence-corrected chi connectivity index (χ4v) is 3.13. The molecule has 0 aromatic heterocycles. The molecule has 3 amide bonds. The molecule has 2 aliphatic rings. The molecule has 2 fully saturated rings. The van der Waals surface area contributed by atoms with Crippen LogP contribution in [0, 0.1) is 0 Å². The summed E-state index contributed by atoms with van der Waals surface area (Å²) in [5, 5.41) is 4.66. The summed E-state index contributed by atoms with van der Waals surface area (Å²) < 4.78 is 11.0. The fourth-order valence-electron chi connectivity index (χ4n) is 1.51. The smallest absolute Gasteiger partial charge is 0.322 e. The predicted molar refractivity (Wildman–Crippen MR) is 41.9 cm³/mol. The molecule has 0 aromatic carbocycles. The van der Waals surface area contributed by atoms with Gasteiger partial charge >= 0.3 is 6.03 Å². The topological polar surface area (TPSA) is 75.3 Å². The van der Waals surface area contributed by atoms with E-state index in [4.69, 9.17) is 0 Å². The highest BCUT2D eigenvalue weighted by Gasteiger charge is 2.50. The normalized spacial score (nSPS) is 40.2. The van der Waals surface area contributed by atoms with E-state index in [1.165, 1.54) is 0 Å². The quantitative estimate of drug-likeness (QED) is 0.465. The third-order valence-electron chi connectivity index (χ3n) is 2.18. The summed E-state index contributed by atoms with van der Waals surface area (Å²) in [6, 6.07) is -0.473. The van der Waals surface area contributed by atoms with E-state index in [1.807, 2.05) is 0 Å². The lowest BCUT2D eigenvalue weighted by molar-refractivity contribution is -0.123. The van der Waals surface area contributed by atoms with Gasteiger partial charge in [-0.05, 0) is 6.42 Å². The highest BCUT2D eigenvalue weighted by Crippen LogP contribution is 2.23. The average molecular weight is 188 g/mol. The monoisotopic (exact) mass is 188 g/mol. The second-order valence-corrected chi connectivity index (χ2v) is 4.61. The Labute approximate surface area is 71.3 Å². The van der Waals surface area contributed by atoms with Crippen LogP contribution in [-0.4, -0.2) is 33.2 Å². The molecule has 2 heterocycles. The van der Waals surface area contributed by atoms with E-state index in [2.05, 4.69) is 10.6 Å². The van der Waals surface area contributed by atoms with Crippen LogP contribution in [0.3, 0.4) is 0 Å². The first-order chi connectivity index (χ1) is 5.62. The Morgan fingerprint density at radius 2 is 2.17 bits per heavy atom. The molecule has 0 bridgehead atoms. The Morgan fingerprint density at radius 1 is 1.42 bits per heavy atom. The maximum atomic E-state index is 11.2.